The van der Waals surface area contributed by atoms with Crippen molar-refractivity contribution in [2.24, 2.45) is 12.0 Å². The maximum Gasteiger partial charge on any atom is 0.194 e. The number of hydrogen-bond donors (Lipinski definition) is 1. The first-order valence-electron chi connectivity index (χ1n) is 9.04. The number of hydrogen-bond acceptors (Lipinski definition) is 3. The third kappa shape index (κ3) is 7.89. The quantitative estimate of drug-likeness (QED) is 0.236. The molecule has 1 aromatic heterocycles. The maximum atomic E-state index is 6.08. The molecule has 0 bridgehead atoms. The van der Waals surface area contributed by atoms with Crippen LogP contribution in [0.5, 0.6) is 5.75 Å². The number of aryl methyl sites for hydroxylation is 1. The Bertz CT molecular complexity index is 734. The number of nitrogens with zero attached hydrogens (tertiary/aromatic N) is 3. The molecule has 0 saturated heterocycles. The van der Waals surface area contributed by atoms with Gasteiger partial charge < -0.3 is 24.3 Å². The molecule has 0 saturated carbocycles. The summed E-state index contributed by atoms with van der Waals surface area (Å²) < 4.78 is 12.6. The van der Waals surface area contributed by atoms with E-state index < -0.39 is 0 Å². The van der Waals surface area contributed by atoms with Crippen LogP contribution in [0, 0.1) is 0 Å². The van der Waals surface area contributed by atoms with Gasteiger partial charge in [0, 0.05) is 39.6 Å². The van der Waals surface area contributed by atoms with E-state index >= 15 is 0 Å². The highest BCUT2D eigenvalue weighted by Crippen LogP contribution is 2.15. The van der Waals surface area contributed by atoms with Gasteiger partial charge in [-0.2, -0.15) is 0 Å². The Hall–Kier alpha value is -1.45. The van der Waals surface area contributed by atoms with Gasteiger partial charge in [0.2, 0.25) is 0 Å². The molecule has 2 rings (SSSR count). The molecular formula is C20H30ClIN4O2. The molecule has 1 heterocycles. The summed E-state index contributed by atoms with van der Waals surface area (Å²) in [5.41, 5.74) is 2.26. The molecule has 1 N–H and O–H groups in total. The fourth-order valence-corrected chi connectivity index (χ4v) is 2.88. The first kappa shape index (κ1) is 24.6. The van der Waals surface area contributed by atoms with Crippen LogP contribution >= 0.6 is 35.6 Å². The molecule has 0 aliphatic rings. The summed E-state index contributed by atoms with van der Waals surface area (Å²) >= 11 is 6.08. The highest BCUT2D eigenvalue weighted by Gasteiger charge is 2.09. The van der Waals surface area contributed by atoms with Crippen molar-refractivity contribution in [3.05, 3.63) is 52.8 Å². The lowest BCUT2D eigenvalue weighted by Gasteiger charge is -2.22. The van der Waals surface area contributed by atoms with Crippen LogP contribution in [-0.2, 0) is 24.9 Å². The Morgan fingerprint density at radius 1 is 1.25 bits per heavy atom. The predicted molar refractivity (Wildman–Crippen MR) is 126 cm³/mol. The number of aromatic nitrogens is 1. The molecule has 6 nitrogen and oxygen atoms in total. The summed E-state index contributed by atoms with van der Waals surface area (Å²) in [7, 11) is 5.68. The van der Waals surface area contributed by atoms with Crippen molar-refractivity contribution in [1.82, 2.24) is 14.8 Å². The standard InChI is InChI=1S/C20H29ClN4O2.HI/c1-5-22-20(25(3)15-18-12-17(21)14-24(18)2)23-13-16-6-8-19(9-7-16)27-11-10-26-4;/h6-9,12,14H,5,10-11,13,15H2,1-4H3,(H,22,23);1H. The third-order valence-electron chi connectivity index (χ3n) is 4.06. The Morgan fingerprint density at radius 2 is 1.96 bits per heavy atom. The number of aliphatic imine (C=N–C) groups is 1. The van der Waals surface area contributed by atoms with Crippen molar-refractivity contribution >= 4 is 41.5 Å². The van der Waals surface area contributed by atoms with Crippen LogP contribution in [0.15, 0.2) is 41.5 Å². The largest absolute Gasteiger partial charge is 0.491 e. The Balaban J connectivity index is 0.00000392. The summed E-state index contributed by atoms with van der Waals surface area (Å²) in [5.74, 6) is 1.69. The molecule has 0 aliphatic heterocycles. The second-order valence-electron chi connectivity index (χ2n) is 6.27. The van der Waals surface area contributed by atoms with Gasteiger partial charge >= 0.3 is 0 Å². The molecular weight excluding hydrogens is 491 g/mol. The van der Waals surface area contributed by atoms with Crippen LogP contribution < -0.4 is 10.1 Å². The zero-order valence-electron chi connectivity index (χ0n) is 16.9. The molecule has 0 spiro atoms. The average molecular weight is 521 g/mol. The summed E-state index contributed by atoms with van der Waals surface area (Å²) in [6.07, 6.45) is 1.91. The second-order valence-corrected chi connectivity index (χ2v) is 6.71. The molecule has 0 amide bonds. The molecule has 0 radical (unpaired) electrons. The molecule has 0 unspecified atom stereocenters. The Kier molecular flexibility index (Phi) is 11.3. The minimum Gasteiger partial charge on any atom is -0.491 e. The number of guanidine groups is 1. The fourth-order valence-electron chi connectivity index (χ4n) is 2.61. The van der Waals surface area contributed by atoms with E-state index in [9.17, 15) is 0 Å². The van der Waals surface area contributed by atoms with Crippen molar-refractivity contribution in [2.75, 3.05) is 33.9 Å². The normalized spacial score (nSPS) is 11.1. The first-order valence-corrected chi connectivity index (χ1v) is 9.42. The maximum absolute atomic E-state index is 6.08. The van der Waals surface area contributed by atoms with Gasteiger partial charge in [0.25, 0.3) is 0 Å². The predicted octanol–water partition coefficient (Wildman–Crippen LogP) is 3.92. The lowest BCUT2D eigenvalue weighted by molar-refractivity contribution is 0.146. The summed E-state index contributed by atoms with van der Waals surface area (Å²) in [6.45, 7) is 5.32. The number of halogens is 2. The first-order chi connectivity index (χ1) is 13.0. The second kappa shape index (κ2) is 12.9. The number of ether oxygens (including phenoxy) is 2. The van der Waals surface area contributed by atoms with Crippen LogP contribution in [0.3, 0.4) is 0 Å². The van der Waals surface area contributed by atoms with Gasteiger partial charge in [0.15, 0.2) is 5.96 Å². The molecule has 8 heteroatoms. The minimum atomic E-state index is 0. The van der Waals surface area contributed by atoms with Gasteiger partial charge in [-0.25, -0.2) is 4.99 Å². The molecule has 0 atom stereocenters. The summed E-state index contributed by atoms with van der Waals surface area (Å²) in [5, 5.41) is 4.09. The average Bonchev–Trinajstić information content (AvgIpc) is 2.97. The monoisotopic (exact) mass is 520 g/mol. The zero-order chi connectivity index (χ0) is 19.6. The van der Waals surface area contributed by atoms with Gasteiger partial charge in [0.1, 0.15) is 12.4 Å². The Morgan fingerprint density at radius 3 is 2.54 bits per heavy atom. The van der Waals surface area contributed by atoms with E-state index in [2.05, 4.69) is 17.1 Å². The van der Waals surface area contributed by atoms with Gasteiger partial charge in [-0.15, -0.1) is 24.0 Å². The van der Waals surface area contributed by atoms with Gasteiger partial charge in [-0.1, -0.05) is 23.7 Å². The van der Waals surface area contributed by atoms with E-state index in [1.165, 1.54) is 0 Å². The smallest absolute Gasteiger partial charge is 0.194 e. The van der Waals surface area contributed by atoms with E-state index in [0.29, 0.717) is 19.8 Å². The van der Waals surface area contributed by atoms with E-state index in [1.54, 1.807) is 7.11 Å². The minimum absolute atomic E-state index is 0. The van der Waals surface area contributed by atoms with Crippen LogP contribution in [0.1, 0.15) is 18.2 Å². The fraction of sp³-hybridized carbons (Fsp3) is 0.450. The molecule has 2 aromatic rings. The van der Waals surface area contributed by atoms with E-state index in [1.807, 2.05) is 55.2 Å². The lowest BCUT2D eigenvalue weighted by atomic mass is 10.2. The number of benzene rings is 1. The van der Waals surface area contributed by atoms with E-state index in [4.69, 9.17) is 26.1 Å². The molecule has 1 aromatic carbocycles. The van der Waals surface area contributed by atoms with Crippen molar-refractivity contribution in [1.29, 1.82) is 0 Å². The number of rotatable bonds is 9. The van der Waals surface area contributed by atoms with E-state index in [0.717, 1.165) is 41.1 Å². The Labute approximate surface area is 189 Å². The molecule has 28 heavy (non-hydrogen) atoms. The summed E-state index contributed by atoms with van der Waals surface area (Å²) in [6, 6.07) is 9.97. The number of nitrogens with one attached hydrogen (secondary N) is 1. The highest BCUT2D eigenvalue weighted by molar-refractivity contribution is 14.0. The molecule has 156 valence electrons. The SMILES string of the molecule is CCNC(=NCc1ccc(OCCOC)cc1)N(C)Cc1cc(Cl)cn1C.I. The van der Waals surface area contributed by atoms with Gasteiger partial charge in [0.05, 0.1) is 24.7 Å². The number of methoxy groups -OCH3 is 1. The van der Waals surface area contributed by atoms with Crippen molar-refractivity contribution in [3.63, 3.8) is 0 Å². The third-order valence-corrected chi connectivity index (χ3v) is 4.27. The van der Waals surface area contributed by atoms with Crippen molar-refractivity contribution in [2.45, 2.75) is 20.0 Å². The molecule has 0 fully saturated rings. The van der Waals surface area contributed by atoms with Crippen LogP contribution in [0.4, 0.5) is 0 Å². The zero-order valence-corrected chi connectivity index (χ0v) is 20.0. The van der Waals surface area contributed by atoms with Crippen LogP contribution in [-0.4, -0.2) is 49.3 Å². The van der Waals surface area contributed by atoms with Crippen LogP contribution in [0.2, 0.25) is 5.02 Å². The van der Waals surface area contributed by atoms with E-state index in [-0.39, 0.29) is 24.0 Å². The molecule has 0 aliphatic carbocycles. The van der Waals surface area contributed by atoms with Crippen LogP contribution in [0.25, 0.3) is 0 Å². The summed E-state index contributed by atoms with van der Waals surface area (Å²) in [4.78, 5) is 6.84. The van der Waals surface area contributed by atoms with Gasteiger partial charge in [-0.05, 0) is 30.7 Å². The van der Waals surface area contributed by atoms with Gasteiger partial charge in [-0.3, -0.25) is 0 Å². The highest BCUT2D eigenvalue weighted by atomic mass is 127. The van der Waals surface area contributed by atoms with Crippen molar-refractivity contribution < 1.29 is 9.47 Å². The lowest BCUT2D eigenvalue weighted by Crippen LogP contribution is -2.38. The van der Waals surface area contributed by atoms with Crippen molar-refractivity contribution in [3.8, 4) is 5.75 Å². The topological polar surface area (TPSA) is 51.0 Å².